The van der Waals surface area contributed by atoms with Crippen LogP contribution in [0, 0.1) is 0 Å². The van der Waals surface area contributed by atoms with Crippen molar-refractivity contribution in [3.63, 3.8) is 0 Å². The number of amides is 1. The Morgan fingerprint density at radius 2 is 1.92 bits per heavy atom. The smallest absolute Gasteiger partial charge is 0.302 e. The molecule has 0 saturated carbocycles. The second-order valence-electron chi connectivity index (χ2n) is 6.04. The standard InChI is InChI=1S/C18H18N2O4/c21-16-12-5-1-2-6-14(12)23-18-13(16)11-15(24-18)17(22)19-7-10-20-8-3-4-9-20/h1-2,5-6,11H,3-4,7-10H2,(H,19,22). The van der Waals surface area contributed by atoms with E-state index in [1.54, 1.807) is 24.3 Å². The van der Waals surface area contributed by atoms with E-state index in [1.165, 1.54) is 18.9 Å². The summed E-state index contributed by atoms with van der Waals surface area (Å²) in [4.78, 5) is 27.0. The van der Waals surface area contributed by atoms with Crippen molar-refractivity contribution in [3.8, 4) is 0 Å². The van der Waals surface area contributed by atoms with Crippen molar-refractivity contribution >= 4 is 28.0 Å². The first kappa shape index (κ1) is 15.0. The molecule has 0 aliphatic carbocycles. The first-order valence-corrected chi connectivity index (χ1v) is 8.18. The van der Waals surface area contributed by atoms with Crippen LogP contribution >= 0.6 is 0 Å². The second kappa shape index (κ2) is 6.13. The summed E-state index contributed by atoms with van der Waals surface area (Å²) in [6, 6.07) is 8.42. The Labute approximate surface area is 138 Å². The minimum Gasteiger partial charge on any atom is -0.425 e. The molecule has 24 heavy (non-hydrogen) atoms. The van der Waals surface area contributed by atoms with Gasteiger partial charge in [0.15, 0.2) is 5.76 Å². The molecule has 1 N–H and O–H groups in total. The monoisotopic (exact) mass is 326 g/mol. The van der Waals surface area contributed by atoms with Crippen LogP contribution in [0.3, 0.4) is 0 Å². The Morgan fingerprint density at radius 1 is 1.12 bits per heavy atom. The molecule has 1 amide bonds. The van der Waals surface area contributed by atoms with E-state index in [1.807, 2.05) is 0 Å². The van der Waals surface area contributed by atoms with Gasteiger partial charge in [0.1, 0.15) is 11.0 Å². The lowest BCUT2D eigenvalue weighted by Crippen LogP contribution is -2.33. The number of furan rings is 1. The maximum Gasteiger partial charge on any atom is 0.302 e. The summed E-state index contributed by atoms with van der Waals surface area (Å²) in [5.74, 6) is -0.143. The molecule has 3 heterocycles. The number of nitrogens with zero attached hydrogens (tertiary/aromatic N) is 1. The zero-order valence-corrected chi connectivity index (χ0v) is 13.2. The fraction of sp³-hybridized carbons (Fsp3) is 0.333. The van der Waals surface area contributed by atoms with Crippen molar-refractivity contribution < 1.29 is 13.6 Å². The van der Waals surface area contributed by atoms with Crippen LogP contribution in [0.4, 0.5) is 0 Å². The summed E-state index contributed by atoms with van der Waals surface area (Å²) >= 11 is 0. The molecule has 1 aliphatic heterocycles. The molecule has 0 bridgehead atoms. The Hall–Kier alpha value is -2.60. The third kappa shape index (κ3) is 2.69. The van der Waals surface area contributed by atoms with Crippen LogP contribution in [-0.4, -0.2) is 37.0 Å². The summed E-state index contributed by atoms with van der Waals surface area (Å²) in [6.45, 7) is 3.56. The maximum atomic E-state index is 12.5. The number of nitrogens with one attached hydrogen (secondary N) is 1. The van der Waals surface area contributed by atoms with Gasteiger partial charge in [0, 0.05) is 19.2 Å². The number of hydrogen-bond acceptors (Lipinski definition) is 5. The zero-order valence-electron chi connectivity index (χ0n) is 13.2. The molecule has 0 unspecified atom stereocenters. The predicted octanol–water partition coefficient (Wildman–Crippen LogP) is 2.36. The fourth-order valence-corrected chi connectivity index (χ4v) is 3.13. The van der Waals surface area contributed by atoms with Gasteiger partial charge in [-0.15, -0.1) is 0 Å². The largest absolute Gasteiger partial charge is 0.425 e. The van der Waals surface area contributed by atoms with Gasteiger partial charge in [-0.3, -0.25) is 9.59 Å². The van der Waals surface area contributed by atoms with Crippen molar-refractivity contribution in [1.82, 2.24) is 10.2 Å². The van der Waals surface area contributed by atoms with E-state index in [-0.39, 0.29) is 22.9 Å². The van der Waals surface area contributed by atoms with Crippen LogP contribution in [-0.2, 0) is 0 Å². The van der Waals surface area contributed by atoms with E-state index >= 15 is 0 Å². The molecule has 6 nitrogen and oxygen atoms in total. The lowest BCUT2D eigenvalue weighted by atomic mass is 10.2. The topological polar surface area (TPSA) is 75.7 Å². The van der Waals surface area contributed by atoms with Crippen LogP contribution in [0.25, 0.3) is 22.1 Å². The van der Waals surface area contributed by atoms with Crippen molar-refractivity contribution in [3.05, 3.63) is 46.3 Å². The van der Waals surface area contributed by atoms with Gasteiger partial charge in [0.2, 0.25) is 5.43 Å². The van der Waals surface area contributed by atoms with Crippen LogP contribution < -0.4 is 10.7 Å². The molecule has 124 valence electrons. The Kier molecular flexibility index (Phi) is 3.82. The summed E-state index contributed by atoms with van der Waals surface area (Å²) < 4.78 is 11.0. The van der Waals surface area contributed by atoms with E-state index < -0.39 is 0 Å². The molecule has 3 aromatic rings. The lowest BCUT2D eigenvalue weighted by molar-refractivity contribution is 0.0922. The normalized spacial score (nSPS) is 15.3. The molecule has 6 heteroatoms. The number of fused-ring (bicyclic) bond motifs is 2. The number of likely N-dealkylation sites (tertiary alicyclic amines) is 1. The summed E-state index contributed by atoms with van der Waals surface area (Å²) in [5.41, 5.74) is 0.261. The van der Waals surface area contributed by atoms with Crippen LogP contribution in [0.15, 0.2) is 44.0 Å². The van der Waals surface area contributed by atoms with Crippen LogP contribution in [0.1, 0.15) is 23.4 Å². The molecule has 1 saturated heterocycles. The number of hydrogen-bond donors (Lipinski definition) is 1. The highest BCUT2D eigenvalue weighted by Gasteiger charge is 2.18. The molecule has 2 aromatic heterocycles. The van der Waals surface area contributed by atoms with Gasteiger partial charge < -0.3 is 19.1 Å². The van der Waals surface area contributed by atoms with E-state index in [9.17, 15) is 9.59 Å². The van der Waals surface area contributed by atoms with Crippen LogP contribution in [0.2, 0.25) is 0 Å². The van der Waals surface area contributed by atoms with Crippen molar-refractivity contribution in [2.24, 2.45) is 0 Å². The average molecular weight is 326 g/mol. The zero-order chi connectivity index (χ0) is 16.5. The van der Waals surface area contributed by atoms with Gasteiger partial charge in [-0.25, -0.2) is 0 Å². The Balaban J connectivity index is 1.55. The van der Waals surface area contributed by atoms with E-state index in [0.717, 1.165) is 19.6 Å². The first-order valence-electron chi connectivity index (χ1n) is 8.18. The lowest BCUT2D eigenvalue weighted by Gasteiger charge is -2.14. The van der Waals surface area contributed by atoms with Crippen LogP contribution in [0.5, 0.6) is 0 Å². The van der Waals surface area contributed by atoms with Gasteiger partial charge in [-0.05, 0) is 38.1 Å². The number of benzene rings is 1. The Bertz CT molecular complexity index is 950. The average Bonchev–Trinajstić information content (AvgIpc) is 3.24. The van der Waals surface area contributed by atoms with Gasteiger partial charge in [-0.1, -0.05) is 12.1 Å². The molecular weight excluding hydrogens is 308 g/mol. The molecule has 0 radical (unpaired) electrons. The first-order chi connectivity index (χ1) is 11.7. The quantitative estimate of drug-likeness (QED) is 0.796. The highest BCUT2D eigenvalue weighted by Crippen LogP contribution is 2.21. The van der Waals surface area contributed by atoms with E-state index in [0.29, 0.717) is 22.9 Å². The molecule has 1 aromatic carbocycles. The second-order valence-corrected chi connectivity index (χ2v) is 6.04. The fourth-order valence-electron chi connectivity index (χ4n) is 3.13. The third-order valence-corrected chi connectivity index (χ3v) is 4.41. The molecule has 1 aliphatic rings. The van der Waals surface area contributed by atoms with E-state index in [4.69, 9.17) is 8.83 Å². The minimum absolute atomic E-state index is 0.0865. The van der Waals surface area contributed by atoms with Crippen molar-refractivity contribution in [2.75, 3.05) is 26.2 Å². The summed E-state index contributed by atoms with van der Waals surface area (Å²) in [6.07, 6.45) is 2.44. The number of para-hydroxylation sites is 1. The SMILES string of the molecule is O=C(NCCN1CCCC1)c1cc2c(=O)c3ccccc3oc2o1. The molecule has 4 rings (SSSR count). The molecular formula is C18H18N2O4. The molecule has 0 atom stereocenters. The van der Waals surface area contributed by atoms with Gasteiger partial charge in [0.25, 0.3) is 5.91 Å². The van der Waals surface area contributed by atoms with E-state index in [2.05, 4.69) is 10.2 Å². The number of rotatable bonds is 4. The molecule has 1 fully saturated rings. The van der Waals surface area contributed by atoms with Crippen molar-refractivity contribution in [2.45, 2.75) is 12.8 Å². The summed E-state index contributed by atoms with van der Waals surface area (Å²) in [7, 11) is 0. The highest BCUT2D eigenvalue weighted by atomic mass is 16.5. The minimum atomic E-state index is -0.330. The predicted molar refractivity (Wildman–Crippen MR) is 90.3 cm³/mol. The third-order valence-electron chi connectivity index (χ3n) is 4.41. The van der Waals surface area contributed by atoms with Gasteiger partial charge in [0.05, 0.1) is 5.39 Å². The summed E-state index contributed by atoms with van der Waals surface area (Å²) in [5, 5.41) is 3.60. The highest BCUT2D eigenvalue weighted by molar-refractivity contribution is 5.97. The van der Waals surface area contributed by atoms with Gasteiger partial charge >= 0.3 is 5.78 Å². The van der Waals surface area contributed by atoms with Crippen molar-refractivity contribution in [1.29, 1.82) is 0 Å². The maximum absolute atomic E-state index is 12.5. The Morgan fingerprint density at radius 3 is 2.75 bits per heavy atom. The number of carbonyl (C=O) groups excluding carboxylic acids is 1. The molecule has 0 spiro atoms. The van der Waals surface area contributed by atoms with Gasteiger partial charge in [-0.2, -0.15) is 0 Å². The number of carbonyl (C=O) groups is 1.